The lowest BCUT2D eigenvalue weighted by atomic mass is 9.89. The molecule has 1 amide bonds. The van der Waals surface area contributed by atoms with Gasteiger partial charge in [-0.3, -0.25) is 4.79 Å². The first-order chi connectivity index (χ1) is 7.50. The van der Waals surface area contributed by atoms with Crippen molar-refractivity contribution in [1.29, 1.82) is 0 Å². The Kier molecular flexibility index (Phi) is 2.66. The van der Waals surface area contributed by atoms with Gasteiger partial charge in [0, 0.05) is 23.9 Å². The molecule has 1 saturated heterocycles. The molecular weight excluding hydrogens is 212 g/mol. The van der Waals surface area contributed by atoms with Crippen LogP contribution in [-0.2, 0) is 4.79 Å². The van der Waals surface area contributed by atoms with Crippen LogP contribution in [0.5, 0.6) is 0 Å². The molecule has 0 radical (unpaired) electrons. The maximum absolute atomic E-state index is 13.4. The minimum Gasteiger partial charge on any atom is -0.355 e. The van der Waals surface area contributed by atoms with Gasteiger partial charge >= 0.3 is 0 Å². The van der Waals surface area contributed by atoms with Crippen LogP contribution in [0.15, 0.2) is 12.1 Å². The number of rotatable bonds is 1. The van der Waals surface area contributed by atoms with Crippen molar-refractivity contribution < 1.29 is 13.6 Å². The maximum atomic E-state index is 13.4. The van der Waals surface area contributed by atoms with E-state index >= 15 is 0 Å². The molecule has 0 aliphatic carbocycles. The van der Waals surface area contributed by atoms with Gasteiger partial charge in [0.1, 0.15) is 11.6 Å². The highest BCUT2D eigenvalue weighted by Crippen LogP contribution is 2.30. The second-order valence-corrected chi connectivity index (χ2v) is 4.25. The molecule has 1 aromatic rings. The van der Waals surface area contributed by atoms with Gasteiger partial charge in [-0.1, -0.05) is 6.92 Å². The van der Waals surface area contributed by atoms with Crippen LogP contribution < -0.4 is 5.32 Å². The van der Waals surface area contributed by atoms with E-state index in [0.29, 0.717) is 12.1 Å². The van der Waals surface area contributed by atoms with Crippen LogP contribution in [0.4, 0.5) is 8.78 Å². The molecule has 2 nitrogen and oxygen atoms in total. The Morgan fingerprint density at radius 3 is 2.31 bits per heavy atom. The highest BCUT2D eigenvalue weighted by atomic mass is 19.1. The smallest absolute Gasteiger partial charge is 0.223 e. The van der Waals surface area contributed by atoms with E-state index in [2.05, 4.69) is 5.32 Å². The van der Waals surface area contributed by atoms with E-state index in [1.54, 1.807) is 6.92 Å². The van der Waals surface area contributed by atoms with Gasteiger partial charge in [0.25, 0.3) is 0 Å². The zero-order valence-electron chi connectivity index (χ0n) is 9.18. The van der Waals surface area contributed by atoms with Crippen LogP contribution in [0, 0.1) is 24.5 Å². The molecule has 1 aromatic carbocycles. The molecule has 2 atom stereocenters. The fourth-order valence-electron chi connectivity index (χ4n) is 2.02. The van der Waals surface area contributed by atoms with Crippen molar-refractivity contribution in [1.82, 2.24) is 5.32 Å². The Morgan fingerprint density at radius 2 is 1.88 bits per heavy atom. The summed E-state index contributed by atoms with van der Waals surface area (Å²) in [6.45, 7) is 3.61. The molecule has 1 fully saturated rings. The Hall–Kier alpha value is -1.45. The fourth-order valence-corrected chi connectivity index (χ4v) is 2.02. The van der Waals surface area contributed by atoms with Crippen molar-refractivity contribution in [3.8, 4) is 0 Å². The first kappa shape index (κ1) is 11.0. The Labute approximate surface area is 92.7 Å². The zero-order valence-corrected chi connectivity index (χ0v) is 9.18. The number of amides is 1. The fraction of sp³-hybridized carbons (Fsp3) is 0.417. The summed E-state index contributed by atoms with van der Waals surface area (Å²) >= 11 is 0. The first-order valence-electron chi connectivity index (χ1n) is 5.24. The van der Waals surface area contributed by atoms with Crippen LogP contribution >= 0.6 is 0 Å². The quantitative estimate of drug-likeness (QED) is 0.779. The van der Waals surface area contributed by atoms with Crippen LogP contribution in [0.2, 0.25) is 0 Å². The van der Waals surface area contributed by atoms with Crippen molar-refractivity contribution in [3.05, 3.63) is 34.9 Å². The van der Waals surface area contributed by atoms with Crippen molar-refractivity contribution >= 4 is 5.91 Å². The van der Waals surface area contributed by atoms with Gasteiger partial charge in [0.2, 0.25) is 5.91 Å². The average molecular weight is 225 g/mol. The van der Waals surface area contributed by atoms with Gasteiger partial charge in [0.05, 0.1) is 0 Å². The number of halogens is 2. The Bertz CT molecular complexity index is 422. The number of benzene rings is 1. The molecule has 0 aromatic heterocycles. The van der Waals surface area contributed by atoms with E-state index in [9.17, 15) is 13.6 Å². The van der Waals surface area contributed by atoms with Crippen LogP contribution in [-0.4, -0.2) is 12.5 Å². The molecule has 2 rings (SSSR count). The highest BCUT2D eigenvalue weighted by Gasteiger charge is 2.32. The summed E-state index contributed by atoms with van der Waals surface area (Å²) < 4.78 is 26.7. The van der Waals surface area contributed by atoms with E-state index in [-0.39, 0.29) is 23.3 Å². The molecule has 0 unspecified atom stereocenters. The predicted molar refractivity (Wildman–Crippen MR) is 56.0 cm³/mol. The topological polar surface area (TPSA) is 29.1 Å². The summed E-state index contributed by atoms with van der Waals surface area (Å²) in [5, 5.41) is 2.69. The van der Waals surface area contributed by atoms with Crippen LogP contribution in [0.1, 0.15) is 24.0 Å². The van der Waals surface area contributed by atoms with Gasteiger partial charge in [0.15, 0.2) is 0 Å². The normalized spacial score (nSPS) is 24.6. The Balaban J connectivity index is 2.38. The molecule has 1 heterocycles. The maximum Gasteiger partial charge on any atom is 0.223 e. The van der Waals surface area contributed by atoms with Gasteiger partial charge in [-0.25, -0.2) is 8.78 Å². The summed E-state index contributed by atoms with van der Waals surface area (Å²) in [4.78, 5) is 11.3. The third kappa shape index (κ3) is 1.68. The minimum absolute atomic E-state index is 0.0219. The predicted octanol–water partition coefficient (Wildman–Crippen LogP) is 2.12. The number of carbonyl (C=O) groups excluding carboxylic acids is 1. The first-order valence-corrected chi connectivity index (χ1v) is 5.24. The molecule has 0 bridgehead atoms. The molecule has 1 aliphatic rings. The summed E-state index contributed by atoms with van der Waals surface area (Å²) in [5.41, 5.74) is 0.570. The number of hydrogen-bond acceptors (Lipinski definition) is 1. The molecular formula is C12H13F2NO. The number of carbonyl (C=O) groups is 1. The van der Waals surface area contributed by atoms with E-state index in [1.807, 2.05) is 0 Å². The second-order valence-electron chi connectivity index (χ2n) is 4.25. The minimum atomic E-state index is -0.554. The third-order valence-electron chi connectivity index (χ3n) is 3.24. The SMILES string of the molecule is Cc1c(F)cc([C@@H]2CNC(=O)[C@H]2C)cc1F. The van der Waals surface area contributed by atoms with E-state index < -0.39 is 11.6 Å². The summed E-state index contributed by atoms with van der Waals surface area (Å²) in [7, 11) is 0. The van der Waals surface area contributed by atoms with Crippen LogP contribution in [0.25, 0.3) is 0 Å². The molecule has 4 heteroatoms. The van der Waals surface area contributed by atoms with Gasteiger partial charge < -0.3 is 5.32 Å². The molecule has 1 aliphatic heterocycles. The number of nitrogens with one attached hydrogen (secondary N) is 1. The monoisotopic (exact) mass is 225 g/mol. The summed E-state index contributed by atoms with van der Waals surface area (Å²) in [6.07, 6.45) is 0. The number of hydrogen-bond donors (Lipinski definition) is 1. The molecule has 1 N–H and O–H groups in total. The lowest BCUT2D eigenvalue weighted by Crippen LogP contribution is -2.16. The molecule has 0 saturated carbocycles. The van der Waals surface area contributed by atoms with Gasteiger partial charge in [-0.05, 0) is 24.6 Å². The Morgan fingerprint density at radius 1 is 1.31 bits per heavy atom. The van der Waals surface area contributed by atoms with Crippen molar-refractivity contribution in [2.45, 2.75) is 19.8 Å². The van der Waals surface area contributed by atoms with Gasteiger partial charge in [-0.15, -0.1) is 0 Å². The lowest BCUT2D eigenvalue weighted by molar-refractivity contribution is -0.122. The third-order valence-corrected chi connectivity index (χ3v) is 3.24. The highest BCUT2D eigenvalue weighted by molar-refractivity contribution is 5.81. The van der Waals surface area contributed by atoms with E-state index in [4.69, 9.17) is 0 Å². The molecule has 0 spiro atoms. The largest absolute Gasteiger partial charge is 0.355 e. The summed E-state index contributed by atoms with van der Waals surface area (Å²) in [5.74, 6) is -1.55. The van der Waals surface area contributed by atoms with Crippen LogP contribution in [0.3, 0.4) is 0 Å². The second kappa shape index (κ2) is 3.85. The van der Waals surface area contributed by atoms with E-state index in [1.165, 1.54) is 19.1 Å². The average Bonchev–Trinajstić information content (AvgIpc) is 2.56. The molecule has 86 valence electrons. The van der Waals surface area contributed by atoms with Gasteiger partial charge in [-0.2, -0.15) is 0 Å². The molecule has 16 heavy (non-hydrogen) atoms. The van der Waals surface area contributed by atoms with Crippen molar-refractivity contribution in [2.75, 3.05) is 6.54 Å². The van der Waals surface area contributed by atoms with E-state index in [0.717, 1.165) is 0 Å². The summed E-state index contributed by atoms with van der Waals surface area (Å²) in [6, 6.07) is 2.64. The standard InChI is InChI=1S/C12H13F2NO/c1-6-9(5-15-12(6)16)8-3-10(13)7(2)11(14)4-8/h3-4,6,9H,5H2,1-2H3,(H,15,16)/t6-,9+/m0/s1. The lowest BCUT2D eigenvalue weighted by Gasteiger charge is -2.14. The zero-order chi connectivity index (χ0) is 11.9. The van der Waals surface area contributed by atoms with Crippen molar-refractivity contribution in [2.24, 2.45) is 5.92 Å². The van der Waals surface area contributed by atoms with Crippen molar-refractivity contribution in [3.63, 3.8) is 0 Å².